The molecule has 118 valence electrons. The van der Waals surface area contributed by atoms with Gasteiger partial charge in [-0.05, 0) is 59.2 Å². The minimum Gasteiger partial charge on any atom is -0.488 e. The van der Waals surface area contributed by atoms with Crippen LogP contribution >= 0.6 is 11.3 Å². The van der Waals surface area contributed by atoms with Gasteiger partial charge in [0.25, 0.3) is 0 Å². The topological polar surface area (TPSA) is 26.3 Å². The van der Waals surface area contributed by atoms with Gasteiger partial charge in [-0.2, -0.15) is 0 Å². The number of carbonyl (C=O) groups is 1. The zero-order valence-electron chi connectivity index (χ0n) is 13.0. The molecular formula is C20H20O2S. The SMILES string of the molecule is O=CCCCCc1ccc2cc(OCc3cccs3)ccc2c1. The van der Waals surface area contributed by atoms with Gasteiger partial charge in [-0.1, -0.05) is 30.3 Å². The average Bonchev–Trinajstić information content (AvgIpc) is 3.10. The van der Waals surface area contributed by atoms with Crippen molar-refractivity contribution in [3.8, 4) is 5.75 Å². The van der Waals surface area contributed by atoms with Crippen LogP contribution in [0.15, 0.2) is 53.9 Å². The molecule has 0 aliphatic carbocycles. The summed E-state index contributed by atoms with van der Waals surface area (Å²) in [5, 5.41) is 4.50. The summed E-state index contributed by atoms with van der Waals surface area (Å²) in [5.74, 6) is 0.907. The lowest BCUT2D eigenvalue weighted by Crippen LogP contribution is -1.92. The number of hydrogen-bond donors (Lipinski definition) is 0. The summed E-state index contributed by atoms with van der Waals surface area (Å²) in [6.45, 7) is 0.623. The zero-order chi connectivity index (χ0) is 15.9. The van der Waals surface area contributed by atoms with E-state index in [4.69, 9.17) is 4.74 Å². The Bertz CT molecular complexity index is 762. The molecule has 3 aromatic rings. The maximum absolute atomic E-state index is 10.3. The van der Waals surface area contributed by atoms with E-state index in [1.807, 2.05) is 12.1 Å². The van der Waals surface area contributed by atoms with E-state index in [9.17, 15) is 4.79 Å². The molecule has 1 heterocycles. The third-order valence-corrected chi connectivity index (χ3v) is 4.72. The second-order valence-electron chi connectivity index (χ2n) is 5.62. The smallest absolute Gasteiger partial charge is 0.122 e. The van der Waals surface area contributed by atoms with Crippen LogP contribution < -0.4 is 4.74 Å². The number of aryl methyl sites for hydroxylation is 1. The molecule has 3 rings (SSSR count). The predicted octanol–water partition coefficient (Wildman–Crippen LogP) is 5.39. The molecule has 0 fully saturated rings. The largest absolute Gasteiger partial charge is 0.488 e. The predicted molar refractivity (Wildman–Crippen MR) is 96.2 cm³/mol. The first-order valence-electron chi connectivity index (χ1n) is 7.97. The number of hydrogen-bond acceptors (Lipinski definition) is 3. The normalized spacial score (nSPS) is 10.8. The van der Waals surface area contributed by atoms with E-state index in [0.29, 0.717) is 13.0 Å². The summed E-state index contributed by atoms with van der Waals surface area (Å²) in [5.41, 5.74) is 1.33. The molecule has 23 heavy (non-hydrogen) atoms. The van der Waals surface area contributed by atoms with Gasteiger partial charge in [-0.15, -0.1) is 11.3 Å². The first-order chi connectivity index (χ1) is 11.3. The Hall–Kier alpha value is -2.13. The summed E-state index contributed by atoms with van der Waals surface area (Å²) in [7, 11) is 0. The molecule has 0 amide bonds. The number of unbranched alkanes of at least 4 members (excludes halogenated alkanes) is 2. The van der Waals surface area contributed by atoms with Crippen LogP contribution in [0.25, 0.3) is 10.8 Å². The summed E-state index contributed by atoms with van der Waals surface area (Å²) in [6.07, 6.45) is 4.72. The fraction of sp³-hybridized carbons (Fsp3) is 0.250. The van der Waals surface area contributed by atoms with Crippen LogP contribution in [0.3, 0.4) is 0 Å². The highest BCUT2D eigenvalue weighted by Crippen LogP contribution is 2.24. The summed E-state index contributed by atoms with van der Waals surface area (Å²) in [4.78, 5) is 11.6. The van der Waals surface area contributed by atoms with Gasteiger partial charge in [-0.25, -0.2) is 0 Å². The van der Waals surface area contributed by atoms with Crippen LogP contribution in [0.2, 0.25) is 0 Å². The highest BCUT2D eigenvalue weighted by atomic mass is 32.1. The molecule has 0 bridgehead atoms. The second kappa shape index (κ2) is 7.93. The van der Waals surface area contributed by atoms with Crippen LogP contribution in [0.1, 0.15) is 29.7 Å². The Balaban J connectivity index is 1.64. The minimum atomic E-state index is 0.623. The molecule has 2 aromatic carbocycles. The van der Waals surface area contributed by atoms with Crippen LogP contribution in [0.4, 0.5) is 0 Å². The van der Waals surface area contributed by atoms with Crippen molar-refractivity contribution in [3.63, 3.8) is 0 Å². The van der Waals surface area contributed by atoms with Crippen molar-refractivity contribution in [2.75, 3.05) is 0 Å². The standard InChI is InChI=1S/C20H20O2S/c21-11-3-1-2-5-16-7-8-18-14-19(10-9-17(18)13-16)22-15-20-6-4-12-23-20/h4,6-14H,1-3,5,15H2. The zero-order valence-corrected chi connectivity index (χ0v) is 13.9. The quantitative estimate of drug-likeness (QED) is 0.410. The number of ether oxygens (including phenoxy) is 1. The number of fused-ring (bicyclic) bond motifs is 1. The van der Waals surface area contributed by atoms with Crippen molar-refractivity contribution in [3.05, 3.63) is 64.4 Å². The fourth-order valence-electron chi connectivity index (χ4n) is 2.62. The number of rotatable bonds is 8. The fourth-order valence-corrected chi connectivity index (χ4v) is 3.24. The lowest BCUT2D eigenvalue weighted by atomic mass is 10.0. The maximum Gasteiger partial charge on any atom is 0.122 e. The molecule has 0 unspecified atom stereocenters. The first kappa shape index (κ1) is 15.8. The molecule has 0 N–H and O–H groups in total. The minimum absolute atomic E-state index is 0.623. The van der Waals surface area contributed by atoms with Gasteiger partial charge in [-0.3, -0.25) is 0 Å². The van der Waals surface area contributed by atoms with Gasteiger partial charge in [0.15, 0.2) is 0 Å². The lowest BCUT2D eigenvalue weighted by molar-refractivity contribution is -0.107. The van der Waals surface area contributed by atoms with Gasteiger partial charge in [0.1, 0.15) is 18.6 Å². The van der Waals surface area contributed by atoms with Gasteiger partial charge >= 0.3 is 0 Å². The number of carbonyl (C=O) groups excluding carboxylic acids is 1. The van der Waals surface area contributed by atoms with Crippen molar-refractivity contribution >= 4 is 28.4 Å². The van der Waals surface area contributed by atoms with Gasteiger partial charge < -0.3 is 9.53 Å². The molecule has 0 spiro atoms. The molecule has 2 nitrogen and oxygen atoms in total. The van der Waals surface area contributed by atoms with Crippen LogP contribution in [-0.4, -0.2) is 6.29 Å². The van der Waals surface area contributed by atoms with Crippen molar-refractivity contribution in [2.24, 2.45) is 0 Å². The van der Waals surface area contributed by atoms with Gasteiger partial charge in [0.05, 0.1) is 0 Å². The molecule has 0 aliphatic heterocycles. The molecule has 0 saturated carbocycles. The molecule has 3 heteroatoms. The molecule has 0 saturated heterocycles. The Labute approximate surface area is 140 Å². The van der Waals surface area contributed by atoms with E-state index in [1.165, 1.54) is 21.2 Å². The van der Waals surface area contributed by atoms with Crippen molar-refractivity contribution in [1.82, 2.24) is 0 Å². The van der Waals surface area contributed by atoms with E-state index in [2.05, 4.69) is 41.8 Å². The van der Waals surface area contributed by atoms with Crippen molar-refractivity contribution in [2.45, 2.75) is 32.3 Å². The van der Waals surface area contributed by atoms with Crippen molar-refractivity contribution in [1.29, 1.82) is 0 Å². The lowest BCUT2D eigenvalue weighted by Gasteiger charge is -2.08. The highest BCUT2D eigenvalue weighted by molar-refractivity contribution is 7.09. The average molecular weight is 324 g/mol. The summed E-state index contributed by atoms with van der Waals surface area (Å²) < 4.78 is 5.86. The Morgan fingerprint density at radius 3 is 2.70 bits per heavy atom. The Morgan fingerprint density at radius 1 is 1.00 bits per heavy atom. The second-order valence-corrected chi connectivity index (χ2v) is 6.66. The third-order valence-electron chi connectivity index (χ3n) is 3.87. The monoisotopic (exact) mass is 324 g/mol. The number of aldehydes is 1. The third kappa shape index (κ3) is 4.42. The molecule has 0 radical (unpaired) electrons. The summed E-state index contributed by atoms with van der Waals surface area (Å²) in [6, 6.07) is 16.9. The van der Waals surface area contributed by atoms with E-state index >= 15 is 0 Å². The van der Waals surface area contributed by atoms with Crippen molar-refractivity contribution < 1.29 is 9.53 Å². The van der Waals surface area contributed by atoms with Crippen LogP contribution in [0, 0.1) is 0 Å². The van der Waals surface area contributed by atoms with E-state index in [-0.39, 0.29) is 0 Å². The Kier molecular flexibility index (Phi) is 5.43. The van der Waals surface area contributed by atoms with E-state index in [1.54, 1.807) is 11.3 Å². The van der Waals surface area contributed by atoms with Crippen LogP contribution in [-0.2, 0) is 17.8 Å². The maximum atomic E-state index is 10.3. The van der Waals surface area contributed by atoms with E-state index in [0.717, 1.165) is 31.3 Å². The van der Waals surface area contributed by atoms with E-state index < -0.39 is 0 Å². The first-order valence-corrected chi connectivity index (χ1v) is 8.84. The Morgan fingerprint density at radius 2 is 1.87 bits per heavy atom. The molecule has 0 atom stereocenters. The summed E-state index contributed by atoms with van der Waals surface area (Å²) >= 11 is 1.71. The highest BCUT2D eigenvalue weighted by Gasteiger charge is 2.01. The molecular weight excluding hydrogens is 304 g/mol. The molecule has 1 aromatic heterocycles. The number of benzene rings is 2. The van der Waals surface area contributed by atoms with Gasteiger partial charge in [0.2, 0.25) is 0 Å². The van der Waals surface area contributed by atoms with Crippen LogP contribution in [0.5, 0.6) is 5.75 Å². The number of thiophene rings is 1. The molecule has 0 aliphatic rings. The van der Waals surface area contributed by atoms with Gasteiger partial charge in [0, 0.05) is 11.3 Å².